The SMILES string of the molecule is [2H]c1c(-n2c3ccc(-c4ccccc4)cc3c3cc(-c4ccccc4)ccc32)c(-n2c3ccccc3c3ccccc32)c(C#N)c(-n2c3ccc(-c4ccccc4)cc3c3cc(-c4ccccc4)ccc32)c1-n1c2ccccc2c2ccccc21. The predicted molar refractivity (Wildman–Crippen MR) is 350 cm³/mol. The third kappa shape index (κ3) is 7.14. The molecule has 13 aromatic carbocycles. The van der Waals surface area contributed by atoms with E-state index >= 15 is 0 Å². The lowest BCUT2D eigenvalue weighted by atomic mass is 10.0. The molecule has 0 aliphatic heterocycles. The second-order valence-electron chi connectivity index (χ2n) is 21.8. The van der Waals surface area contributed by atoms with Crippen LogP contribution in [0.25, 0.3) is 154 Å². The van der Waals surface area contributed by atoms with Crippen LogP contribution in [-0.4, -0.2) is 18.3 Å². The van der Waals surface area contributed by atoms with Crippen molar-refractivity contribution in [3.63, 3.8) is 0 Å². The highest BCUT2D eigenvalue weighted by Crippen LogP contribution is 2.48. The lowest BCUT2D eigenvalue weighted by Crippen LogP contribution is -2.13. The molecule has 0 N–H and O–H groups in total. The summed E-state index contributed by atoms with van der Waals surface area (Å²) < 4.78 is 20.9. The summed E-state index contributed by atoms with van der Waals surface area (Å²) in [5.74, 6) is 0. The van der Waals surface area contributed by atoms with Crippen LogP contribution in [0.3, 0.4) is 0 Å². The maximum absolute atomic E-state index is 12.9. The van der Waals surface area contributed by atoms with Crippen LogP contribution >= 0.6 is 0 Å². The standard InChI is InChI=1S/C79H49N5/c80-50-67-78(83-70-35-19-15-31-61(70)62-32-16-20-36-71(62)83)77(82-72-41-37-55(51-21-5-1-6-22-51)45-63(72)64-46-56(38-42-73(64)82)52-23-7-2-8-24-52)49-76(81-68-33-17-13-29-59(68)60-30-14-18-34-69(60)81)79(67)84-74-43-39-57(53-25-9-3-10-26-53)47-65(74)66-48-58(40-44-75(66)84)54-27-11-4-12-28-54/h1-49H/i49D. The normalized spacial score (nSPS) is 12.0. The minimum absolute atomic E-state index is 0.257. The second-order valence-corrected chi connectivity index (χ2v) is 21.8. The van der Waals surface area contributed by atoms with Crippen molar-refractivity contribution in [1.29, 1.82) is 5.26 Å². The van der Waals surface area contributed by atoms with E-state index in [2.05, 4.69) is 316 Å². The van der Waals surface area contributed by atoms with Gasteiger partial charge in [-0.2, -0.15) is 5.26 Å². The summed E-state index contributed by atoms with van der Waals surface area (Å²) in [6.45, 7) is 0. The van der Waals surface area contributed by atoms with Crippen LogP contribution in [0, 0.1) is 11.3 Å². The lowest BCUT2D eigenvalue weighted by Gasteiger charge is -2.25. The molecule has 0 bridgehead atoms. The van der Waals surface area contributed by atoms with Crippen molar-refractivity contribution >= 4 is 87.2 Å². The summed E-state index contributed by atoms with van der Waals surface area (Å²) in [6, 6.07) is 106. The predicted octanol–water partition coefficient (Wildman–Crippen LogP) is 20.6. The number of fused-ring (bicyclic) bond motifs is 12. The highest BCUT2D eigenvalue weighted by Gasteiger charge is 2.31. The molecule has 17 aromatic rings. The quantitative estimate of drug-likeness (QED) is 0.150. The van der Waals surface area contributed by atoms with E-state index in [1.807, 2.05) is 0 Å². The molecular formula is C79H49N5. The number of benzene rings is 13. The third-order valence-corrected chi connectivity index (χ3v) is 17.3. The highest BCUT2D eigenvalue weighted by atomic mass is 15.1. The topological polar surface area (TPSA) is 43.5 Å². The van der Waals surface area contributed by atoms with Crippen molar-refractivity contribution in [2.24, 2.45) is 0 Å². The zero-order chi connectivity index (χ0) is 56.3. The Labute approximate surface area is 485 Å². The van der Waals surface area contributed by atoms with Crippen molar-refractivity contribution in [3.8, 4) is 73.3 Å². The van der Waals surface area contributed by atoms with Gasteiger partial charge in [0.25, 0.3) is 0 Å². The number of para-hydroxylation sites is 4. The summed E-state index contributed by atoms with van der Waals surface area (Å²) >= 11 is 0. The lowest BCUT2D eigenvalue weighted by molar-refractivity contribution is 1.03. The van der Waals surface area contributed by atoms with Crippen molar-refractivity contribution < 1.29 is 1.37 Å². The summed E-state index contributed by atoms with van der Waals surface area (Å²) in [5, 5.41) is 21.3. The molecule has 4 aromatic heterocycles. The van der Waals surface area contributed by atoms with E-state index in [0.29, 0.717) is 28.3 Å². The summed E-state index contributed by atoms with van der Waals surface area (Å²) in [5.41, 5.74) is 19.0. The molecule has 0 fully saturated rings. The van der Waals surface area contributed by atoms with Gasteiger partial charge in [0.05, 0.1) is 68.3 Å². The zero-order valence-corrected chi connectivity index (χ0v) is 45.4. The molecule has 390 valence electrons. The highest BCUT2D eigenvalue weighted by molar-refractivity contribution is 6.16. The molecule has 0 unspecified atom stereocenters. The van der Waals surface area contributed by atoms with Crippen molar-refractivity contribution in [3.05, 3.63) is 303 Å². The first kappa shape index (κ1) is 46.3. The zero-order valence-electron chi connectivity index (χ0n) is 46.4. The van der Waals surface area contributed by atoms with E-state index in [9.17, 15) is 6.63 Å². The van der Waals surface area contributed by atoms with E-state index in [-0.39, 0.29) is 6.04 Å². The molecule has 0 saturated heterocycles. The fraction of sp³-hybridized carbons (Fsp3) is 0. The van der Waals surface area contributed by atoms with Gasteiger partial charge in [-0.25, -0.2) is 0 Å². The Hall–Kier alpha value is -11.5. The molecule has 5 nitrogen and oxygen atoms in total. The number of aromatic nitrogens is 4. The van der Waals surface area contributed by atoms with Crippen LogP contribution in [0.4, 0.5) is 0 Å². The van der Waals surface area contributed by atoms with Gasteiger partial charge in [0.1, 0.15) is 11.6 Å². The van der Waals surface area contributed by atoms with Crippen LogP contribution in [0.1, 0.15) is 6.93 Å². The maximum atomic E-state index is 12.9. The Morgan fingerprint density at radius 1 is 0.238 bits per heavy atom. The molecule has 0 spiro atoms. The minimum Gasteiger partial charge on any atom is -0.307 e. The first-order valence-corrected chi connectivity index (χ1v) is 28.6. The fourth-order valence-corrected chi connectivity index (χ4v) is 13.5. The average Bonchev–Trinajstić information content (AvgIpc) is 1.87. The molecule has 17 rings (SSSR count). The summed E-state index contributed by atoms with van der Waals surface area (Å²) in [7, 11) is 0. The van der Waals surface area contributed by atoms with E-state index in [1.165, 1.54) is 0 Å². The first-order chi connectivity index (χ1) is 42.1. The summed E-state index contributed by atoms with van der Waals surface area (Å²) in [6.07, 6.45) is 0. The molecule has 0 atom stereocenters. The largest absolute Gasteiger partial charge is 0.307 e. The third-order valence-electron chi connectivity index (χ3n) is 17.3. The van der Waals surface area contributed by atoms with Crippen LogP contribution in [0.15, 0.2) is 297 Å². The number of hydrogen-bond donors (Lipinski definition) is 0. The van der Waals surface area contributed by atoms with Gasteiger partial charge in [-0.1, -0.05) is 218 Å². The Morgan fingerprint density at radius 3 is 0.762 bits per heavy atom. The van der Waals surface area contributed by atoms with E-state index in [4.69, 9.17) is 0 Å². The Morgan fingerprint density at radius 2 is 0.476 bits per heavy atom. The molecule has 0 aliphatic rings. The Bertz CT molecular complexity index is 5310. The fourth-order valence-electron chi connectivity index (χ4n) is 13.5. The molecule has 84 heavy (non-hydrogen) atoms. The van der Waals surface area contributed by atoms with Gasteiger partial charge >= 0.3 is 0 Å². The number of nitrogens with zero attached hydrogens (tertiary/aromatic N) is 5. The molecule has 5 heteroatoms. The minimum atomic E-state index is 0.257. The van der Waals surface area contributed by atoms with Crippen LogP contribution < -0.4 is 0 Å². The molecule has 0 saturated carbocycles. The van der Waals surface area contributed by atoms with Gasteiger partial charge in [0.15, 0.2) is 0 Å². The van der Waals surface area contributed by atoms with Gasteiger partial charge in [0.2, 0.25) is 0 Å². The maximum Gasteiger partial charge on any atom is 0.104 e. The van der Waals surface area contributed by atoms with Crippen LogP contribution in [-0.2, 0) is 0 Å². The number of nitriles is 1. The van der Waals surface area contributed by atoms with Gasteiger partial charge in [0, 0.05) is 43.1 Å². The molecule has 0 aliphatic carbocycles. The summed E-state index contributed by atoms with van der Waals surface area (Å²) in [4.78, 5) is 0. The number of rotatable bonds is 8. The van der Waals surface area contributed by atoms with E-state index in [0.717, 1.165) is 132 Å². The molecular weight excluding hydrogens is 1020 g/mol. The van der Waals surface area contributed by atoms with E-state index < -0.39 is 0 Å². The van der Waals surface area contributed by atoms with Crippen molar-refractivity contribution in [2.45, 2.75) is 0 Å². The van der Waals surface area contributed by atoms with Gasteiger partial charge in [-0.3, -0.25) is 0 Å². The monoisotopic (exact) mass is 1070 g/mol. The van der Waals surface area contributed by atoms with E-state index in [1.54, 1.807) is 0 Å². The number of hydrogen-bond acceptors (Lipinski definition) is 1. The second kappa shape index (κ2) is 18.8. The van der Waals surface area contributed by atoms with Gasteiger partial charge < -0.3 is 18.3 Å². The van der Waals surface area contributed by atoms with Gasteiger partial charge in [-0.05, 0) is 123 Å². The smallest absolute Gasteiger partial charge is 0.104 e. The van der Waals surface area contributed by atoms with Gasteiger partial charge in [-0.15, -0.1) is 0 Å². The first-order valence-electron chi connectivity index (χ1n) is 29.1. The molecule has 0 radical (unpaired) electrons. The Balaban J connectivity index is 1.11. The van der Waals surface area contributed by atoms with Crippen molar-refractivity contribution in [1.82, 2.24) is 18.3 Å². The van der Waals surface area contributed by atoms with Crippen molar-refractivity contribution in [2.75, 3.05) is 0 Å². The average molecular weight is 1070 g/mol. The molecule has 4 heterocycles. The Kier molecular flexibility index (Phi) is 10.4. The van der Waals surface area contributed by atoms with Crippen LogP contribution in [0.2, 0.25) is 0 Å². The van der Waals surface area contributed by atoms with Crippen LogP contribution in [0.5, 0.6) is 0 Å². The molecule has 0 amide bonds.